The zero-order valence-corrected chi connectivity index (χ0v) is 6.09. The third kappa shape index (κ3) is 7.18. The highest BCUT2D eigenvalue weighted by atomic mass is 19.3. The number of hydrogen-bond acceptors (Lipinski definition) is 2. The summed E-state index contributed by atoms with van der Waals surface area (Å²) in [6, 6.07) is 0. The van der Waals surface area contributed by atoms with Gasteiger partial charge in [-0.2, -0.15) is 8.78 Å². The van der Waals surface area contributed by atoms with Crippen molar-refractivity contribution in [2.75, 3.05) is 6.61 Å². The fourth-order valence-corrected chi connectivity index (χ4v) is 0.594. The Morgan fingerprint density at radius 1 is 1.64 bits per heavy atom. The quantitative estimate of drug-likeness (QED) is 0.673. The number of carbonyl (C=O) groups is 1. The van der Waals surface area contributed by atoms with Gasteiger partial charge in [-0.05, 0) is 5.92 Å². The predicted molar refractivity (Wildman–Crippen MR) is 33.4 cm³/mol. The van der Waals surface area contributed by atoms with E-state index in [-0.39, 0.29) is 18.9 Å². The van der Waals surface area contributed by atoms with Crippen LogP contribution in [0.4, 0.5) is 8.78 Å². The van der Waals surface area contributed by atoms with Gasteiger partial charge in [-0.3, -0.25) is 4.79 Å². The van der Waals surface area contributed by atoms with Gasteiger partial charge < -0.3 is 9.84 Å². The van der Waals surface area contributed by atoms with Crippen molar-refractivity contribution in [3.05, 3.63) is 0 Å². The Balaban J connectivity index is 3.37. The Hall–Kier alpha value is -0.710. The van der Waals surface area contributed by atoms with E-state index >= 15 is 0 Å². The summed E-state index contributed by atoms with van der Waals surface area (Å²) < 4.78 is 26.6. The molecule has 5 heteroatoms. The van der Waals surface area contributed by atoms with Crippen LogP contribution in [0.1, 0.15) is 13.3 Å². The molecule has 0 saturated carbocycles. The van der Waals surface area contributed by atoms with E-state index in [2.05, 4.69) is 4.74 Å². The molecular formula is C6H10F2O3. The van der Waals surface area contributed by atoms with Gasteiger partial charge in [-0.1, -0.05) is 6.92 Å². The van der Waals surface area contributed by atoms with Crippen LogP contribution in [-0.4, -0.2) is 24.3 Å². The summed E-state index contributed by atoms with van der Waals surface area (Å²) >= 11 is 0. The number of halogens is 2. The molecule has 0 saturated heterocycles. The van der Waals surface area contributed by atoms with Gasteiger partial charge in [0.25, 0.3) is 0 Å². The standard InChI is InChI=1S/C6H10F2O3/c1-4(2-5(9)10)3-11-6(7)8/h4,6H,2-3H2,1H3,(H,9,10)/t4-/m0/s1. The van der Waals surface area contributed by atoms with Crippen LogP contribution < -0.4 is 0 Å². The number of aliphatic carboxylic acids is 1. The van der Waals surface area contributed by atoms with E-state index in [0.29, 0.717) is 0 Å². The second kappa shape index (κ2) is 5.01. The molecule has 0 amide bonds. The van der Waals surface area contributed by atoms with Gasteiger partial charge >= 0.3 is 12.6 Å². The van der Waals surface area contributed by atoms with Crippen LogP contribution in [0.2, 0.25) is 0 Å². The summed E-state index contributed by atoms with van der Waals surface area (Å²) in [6.07, 6.45) is -0.146. The number of ether oxygens (including phenoxy) is 1. The maximum absolute atomic E-state index is 11.4. The minimum Gasteiger partial charge on any atom is -0.481 e. The van der Waals surface area contributed by atoms with Crippen LogP contribution >= 0.6 is 0 Å². The lowest BCUT2D eigenvalue weighted by atomic mass is 10.1. The second-order valence-corrected chi connectivity index (χ2v) is 2.30. The Morgan fingerprint density at radius 2 is 2.18 bits per heavy atom. The minimum atomic E-state index is -2.81. The predicted octanol–water partition coefficient (Wildman–Crippen LogP) is 1.34. The molecule has 0 aromatic heterocycles. The van der Waals surface area contributed by atoms with E-state index < -0.39 is 12.6 Å². The molecule has 0 radical (unpaired) electrons. The topological polar surface area (TPSA) is 46.5 Å². The van der Waals surface area contributed by atoms with Crippen LogP contribution in [0.3, 0.4) is 0 Å². The lowest BCUT2D eigenvalue weighted by Gasteiger charge is -2.07. The summed E-state index contributed by atoms with van der Waals surface area (Å²) in [5.74, 6) is -1.38. The SMILES string of the molecule is C[C@H](COC(F)F)CC(=O)O. The van der Waals surface area contributed by atoms with Crippen molar-refractivity contribution in [1.82, 2.24) is 0 Å². The van der Waals surface area contributed by atoms with Crippen LogP contribution in [-0.2, 0) is 9.53 Å². The first-order valence-corrected chi connectivity index (χ1v) is 3.14. The lowest BCUT2D eigenvalue weighted by Crippen LogP contribution is -2.13. The van der Waals surface area contributed by atoms with Crippen molar-refractivity contribution in [1.29, 1.82) is 0 Å². The van der Waals surface area contributed by atoms with Gasteiger partial charge in [-0.25, -0.2) is 0 Å². The molecule has 0 aromatic carbocycles. The first-order valence-electron chi connectivity index (χ1n) is 3.14. The molecule has 0 heterocycles. The second-order valence-electron chi connectivity index (χ2n) is 2.30. The summed E-state index contributed by atoms with van der Waals surface area (Å²) in [5.41, 5.74) is 0. The van der Waals surface area contributed by atoms with Crippen molar-refractivity contribution in [3.63, 3.8) is 0 Å². The van der Waals surface area contributed by atoms with Gasteiger partial charge in [0, 0.05) is 0 Å². The Bertz CT molecular complexity index is 127. The highest BCUT2D eigenvalue weighted by Crippen LogP contribution is 2.05. The molecule has 0 aliphatic heterocycles. The van der Waals surface area contributed by atoms with Gasteiger partial charge in [0.2, 0.25) is 0 Å². The molecule has 0 aliphatic rings. The maximum atomic E-state index is 11.4. The molecule has 0 aliphatic carbocycles. The van der Waals surface area contributed by atoms with Gasteiger partial charge in [0.1, 0.15) is 0 Å². The van der Waals surface area contributed by atoms with Crippen molar-refractivity contribution < 1.29 is 23.4 Å². The van der Waals surface area contributed by atoms with Crippen molar-refractivity contribution in [2.24, 2.45) is 5.92 Å². The Kier molecular flexibility index (Phi) is 4.69. The average molecular weight is 168 g/mol. The van der Waals surface area contributed by atoms with Crippen molar-refractivity contribution >= 4 is 5.97 Å². The van der Waals surface area contributed by atoms with Crippen LogP contribution in [0.25, 0.3) is 0 Å². The van der Waals surface area contributed by atoms with E-state index in [9.17, 15) is 13.6 Å². The van der Waals surface area contributed by atoms with Crippen molar-refractivity contribution in [2.45, 2.75) is 20.0 Å². The maximum Gasteiger partial charge on any atom is 0.345 e. The zero-order valence-electron chi connectivity index (χ0n) is 6.09. The van der Waals surface area contributed by atoms with Gasteiger partial charge in [0.05, 0.1) is 13.0 Å². The molecule has 1 N–H and O–H groups in total. The van der Waals surface area contributed by atoms with E-state index in [0.717, 1.165) is 0 Å². The molecule has 11 heavy (non-hydrogen) atoms. The number of carboxylic acids is 1. The molecule has 0 fully saturated rings. The fourth-order valence-electron chi connectivity index (χ4n) is 0.594. The first kappa shape index (κ1) is 10.3. The van der Waals surface area contributed by atoms with Crippen LogP contribution in [0.15, 0.2) is 0 Å². The van der Waals surface area contributed by atoms with Crippen molar-refractivity contribution in [3.8, 4) is 0 Å². The zero-order chi connectivity index (χ0) is 8.85. The molecule has 66 valence electrons. The lowest BCUT2D eigenvalue weighted by molar-refractivity contribution is -0.147. The summed E-state index contributed by atoms with van der Waals surface area (Å²) in [4.78, 5) is 10.0. The average Bonchev–Trinajstić information content (AvgIpc) is 1.82. The van der Waals surface area contributed by atoms with E-state index in [1.54, 1.807) is 0 Å². The molecule has 3 nitrogen and oxygen atoms in total. The number of hydrogen-bond donors (Lipinski definition) is 1. The van der Waals surface area contributed by atoms with E-state index in [4.69, 9.17) is 5.11 Å². The summed E-state index contributed by atoms with van der Waals surface area (Å²) in [5, 5.41) is 8.21. The number of carboxylic acid groups (broad SMARTS) is 1. The van der Waals surface area contributed by atoms with Gasteiger partial charge in [0.15, 0.2) is 0 Å². The van der Waals surface area contributed by atoms with Gasteiger partial charge in [-0.15, -0.1) is 0 Å². The Morgan fingerprint density at radius 3 is 2.55 bits per heavy atom. The summed E-state index contributed by atoms with van der Waals surface area (Å²) in [7, 11) is 0. The number of alkyl halides is 2. The largest absolute Gasteiger partial charge is 0.481 e. The number of rotatable bonds is 5. The summed E-state index contributed by atoms with van der Waals surface area (Å²) in [6.45, 7) is -1.49. The molecule has 0 bridgehead atoms. The van der Waals surface area contributed by atoms with Crippen LogP contribution in [0.5, 0.6) is 0 Å². The molecular weight excluding hydrogens is 158 g/mol. The Labute approximate surface area is 63.0 Å². The molecule has 0 rings (SSSR count). The normalized spacial score (nSPS) is 13.5. The minimum absolute atomic E-state index is 0.146. The highest BCUT2D eigenvalue weighted by Gasteiger charge is 2.10. The van der Waals surface area contributed by atoms with Crippen LogP contribution in [0, 0.1) is 5.92 Å². The van der Waals surface area contributed by atoms with E-state index in [1.165, 1.54) is 6.92 Å². The third-order valence-electron chi connectivity index (χ3n) is 1.03. The smallest absolute Gasteiger partial charge is 0.345 e. The molecule has 1 atom stereocenters. The first-order chi connectivity index (χ1) is 5.02. The monoisotopic (exact) mass is 168 g/mol. The molecule has 0 spiro atoms. The van der Waals surface area contributed by atoms with E-state index in [1.807, 2.05) is 0 Å². The fraction of sp³-hybridized carbons (Fsp3) is 0.833. The highest BCUT2D eigenvalue weighted by molar-refractivity contribution is 5.66. The molecule has 0 aromatic rings. The third-order valence-corrected chi connectivity index (χ3v) is 1.03. The molecule has 0 unspecified atom stereocenters.